The number of nitrogens with zero attached hydrogens (tertiary/aromatic N) is 1. The van der Waals surface area contributed by atoms with Gasteiger partial charge in [0.05, 0.1) is 18.1 Å². The lowest BCUT2D eigenvalue weighted by molar-refractivity contribution is -0.140. The van der Waals surface area contributed by atoms with Crippen LogP contribution in [-0.4, -0.2) is 28.6 Å². The molecular weight excluding hydrogens is 257 g/mol. The second kappa shape index (κ2) is 5.17. The standard InChI is InChI=1S/C16H20FNO2/c1-10-13-6-5-12(17)9-11(13)7-8-18(10)16(20)14-3-2-4-15(14)19/h5-6,9-10,14-15,19H,2-4,7-8H2,1H3. The maximum absolute atomic E-state index is 13.3. The molecule has 20 heavy (non-hydrogen) atoms. The van der Waals surface area contributed by atoms with Crippen molar-refractivity contribution < 1.29 is 14.3 Å². The summed E-state index contributed by atoms with van der Waals surface area (Å²) < 4.78 is 13.3. The van der Waals surface area contributed by atoms with Gasteiger partial charge in [-0.15, -0.1) is 0 Å². The number of fused-ring (bicyclic) bond motifs is 1. The summed E-state index contributed by atoms with van der Waals surface area (Å²) in [7, 11) is 0. The fourth-order valence-corrected chi connectivity index (χ4v) is 3.54. The Hall–Kier alpha value is -1.42. The molecule has 1 amide bonds. The summed E-state index contributed by atoms with van der Waals surface area (Å²) in [5, 5.41) is 9.91. The molecule has 3 atom stereocenters. The molecule has 1 heterocycles. The molecule has 0 saturated heterocycles. The van der Waals surface area contributed by atoms with Gasteiger partial charge >= 0.3 is 0 Å². The van der Waals surface area contributed by atoms with E-state index >= 15 is 0 Å². The van der Waals surface area contributed by atoms with Crippen LogP contribution in [0, 0.1) is 11.7 Å². The van der Waals surface area contributed by atoms with Gasteiger partial charge in [-0.25, -0.2) is 4.39 Å². The normalized spacial score (nSPS) is 29.4. The van der Waals surface area contributed by atoms with Crippen molar-refractivity contribution in [1.29, 1.82) is 0 Å². The van der Waals surface area contributed by atoms with Gasteiger partial charge in [0.2, 0.25) is 5.91 Å². The minimum atomic E-state index is -0.496. The molecule has 1 aromatic rings. The molecule has 0 bridgehead atoms. The summed E-state index contributed by atoms with van der Waals surface area (Å²) in [6, 6.07) is 4.76. The molecule has 0 spiro atoms. The number of hydrogen-bond acceptors (Lipinski definition) is 2. The van der Waals surface area contributed by atoms with Crippen molar-refractivity contribution in [2.75, 3.05) is 6.54 Å². The fraction of sp³-hybridized carbons (Fsp3) is 0.562. The Morgan fingerprint density at radius 2 is 2.20 bits per heavy atom. The number of hydrogen-bond donors (Lipinski definition) is 1. The summed E-state index contributed by atoms with van der Waals surface area (Å²) in [6.07, 6.45) is 2.61. The van der Waals surface area contributed by atoms with E-state index in [9.17, 15) is 14.3 Å². The third kappa shape index (κ3) is 2.22. The van der Waals surface area contributed by atoms with E-state index in [1.165, 1.54) is 6.07 Å². The van der Waals surface area contributed by atoms with Crippen LogP contribution in [0.15, 0.2) is 18.2 Å². The minimum Gasteiger partial charge on any atom is -0.392 e. The highest BCUT2D eigenvalue weighted by Gasteiger charge is 2.37. The van der Waals surface area contributed by atoms with Gasteiger partial charge in [0.25, 0.3) is 0 Å². The van der Waals surface area contributed by atoms with Gasteiger partial charge in [0.15, 0.2) is 0 Å². The van der Waals surface area contributed by atoms with Gasteiger partial charge < -0.3 is 10.0 Å². The Balaban J connectivity index is 1.83. The smallest absolute Gasteiger partial charge is 0.228 e. The predicted octanol–water partition coefficient (Wildman–Crippen LogP) is 2.43. The van der Waals surface area contributed by atoms with E-state index in [1.807, 2.05) is 11.8 Å². The average Bonchev–Trinajstić information content (AvgIpc) is 2.84. The third-order valence-corrected chi connectivity index (χ3v) is 4.72. The van der Waals surface area contributed by atoms with Crippen molar-refractivity contribution in [2.45, 2.75) is 44.8 Å². The molecule has 1 N–H and O–H groups in total. The van der Waals surface area contributed by atoms with Crippen molar-refractivity contribution in [3.63, 3.8) is 0 Å². The number of amides is 1. The largest absolute Gasteiger partial charge is 0.392 e. The fourth-order valence-electron chi connectivity index (χ4n) is 3.54. The van der Waals surface area contributed by atoms with Crippen LogP contribution in [0.4, 0.5) is 4.39 Å². The molecule has 1 aliphatic heterocycles. The molecule has 3 nitrogen and oxygen atoms in total. The number of halogens is 1. The number of aliphatic hydroxyl groups excluding tert-OH is 1. The zero-order valence-electron chi connectivity index (χ0n) is 11.7. The molecule has 108 valence electrons. The van der Waals surface area contributed by atoms with E-state index in [0.717, 1.165) is 30.4 Å². The molecular formula is C16H20FNO2. The predicted molar refractivity (Wildman–Crippen MR) is 73.6 cm³/mol. The number of benzene rings is 1. The number of carbonyl (C=O) groups excluding carboxylic acids is 1. The highest BCUT2D eigenvalue weighted by molar-refractivity contribution is 5.80. The second-order valence-corrected chi connectivity index (χ2v) is 5.91. The van der Waals surface area contributed by atoms with Crippen molar-refractivity contribution in [1.82, 2.24) is 4.90 Å². The molecule has 1 saturated carbocycles. The summed E-state index contributed by atoms with van der Waals surface area (Å²) in [6.45, 7) is 2.59. The van der Waals surface area contributed by atoms with Gasteiger partial charge in [-0.05, 0) is 55.9 Å². The quantitative estimate of drug-likeness (QED) is 0.856. The molecule has 2 aliphatic rings. The average molecular weight is 277 g/mol. The van der Waals surface area contributed by atoms with Crippen molar-refractivity contribution in [3.05, 3.63) is 35.1 Å². The minimum absolute atomic E-state index is 0.0420. The van der Waals surface area contributed by atoms with Crippen molar-refractivity contribution in [2.24, 2.45) is 5.92 Å². The molecule has 3 rings (SSSR count). The first-order valence-corrected chi connectivity index (χ1v) is 7.35. The SMILES string of the molecule is CC1c2ccc(F)cc2CCN1C(=O)C1CCCC1O. The van der Waals surface area contributed by atoms with Crippen LogP contribution in [0.25, 0.3) is 0 Å². The Morgan fingerprint density at radius 3 is 2.90 bits per heavy atom. The van der Waals surface area contributed by atoms with Crippen LogP contribution in [0.2, 0.25) is 0 Å². The van der Waals surface area contributed by atoms with Gasteiger partial charge in [-0.1, -0.05) is 6.07 Å². The second-order valence-electron chi connectivity index (χ2n) is 5.91. The van der Waals surface area contributed by atoms with Crippen LogP contribution >= 0.6 is 0 Å². The molecule has 1 aliphatic carbocycles. The molecule has 0 aromatic heterocycles. The first kappa shape index (κ1) is 13.6. The van der Waals surface area contributed by atoms with E-state index < -0.39 is 6.10 Å². The lowest BCUT2D eigenvalue weighted by Crippen LogP contribution is -2.44. The first-order valence-electron chi connectivity index (χ1n) is 7.35. The monoisotopic (exact) mass is 277 g/mol. The van der Waals surface area contributed by atoms with Gasteiger partial charge in [0, 0.05) is 6.54 Å². The Morgan fingerprint density at radius 1 is 1.40 bits per heavy atom. The molecule has 4 heteroatoms. The van der Waals surface area contributed by atoms with Crippen molar-refractivity contribution >= 4 is 5.91 Å². The van der Waals surface area contributed by atoms with Crippen LogP contribution in [0.1, 0.15) is 43.4 Å². The van der Waals surface area contributed by atoms with E-state index in [0.29, 0.717) is 13.0 Å². The molecule has 1 aromatic carbocycles. The van der Waals surface area contributed by atoms with Crippen molar-refractivity contribution in [3.8, 4) is 0 Å². The van der Waals surface area contributed by atoms with Crippen LogP contribution in [-0.2, 0) is 11.2 Å². The maximum Gasteiger partial charge on any atom is 0.228 e. The highest BCUT2D eigenvalue weighted by atomic mass is 19.1. The van der Waals surface area contributed by atoms with Crippen LogP contribution in [0.3, 0.4) is 0 Å². The Kier molecular flexibility index (Phi) is 3.50. The maximum atomic E-state index is 13.3. The third-order valence-electron chi connectivity index (χ3n) is 4.72. The highest BCUT2D eigenvalue weighted by Crippen LogP contribution is 2.34. The molecule has 1 fully saturated rings. The summed E-state index contributed by atoms with van der Waals surface area (Å²) in [5.74, 6) is -0.418. The van der Waals surface area contributed by atoms with E-state index in [2.05, 4.69) is 0 Å². The number of carbonyl (C=O) groups is 1. The van der Waals surface area contributed by atoms with Gasteiger partial charge in [-0.2, -0.15) is 0 Å². The lowest BCUT2D eigenvalue weighted by atomic mass is 9.91. The zero-order chi connectivity index (χ0) is 14.3. The van der Waals surface area contributed by atoms with E-state index in [-0.39, 0.29) is 23.7 Å². The summed E-state index contributed by atoms with van der Waals surface area (Å²) in [5.41, 5.74) is 2.02. The molecule has 0 radical (unpaired) electrons. The Labute approximate surface area is 118 Å². The summed E-state index contributed by atoms with van der Waals surface area (Å²) >= 11 is 0. The Bertz CT molecular complexity index is 531. The number of aliphatic hydroxyl groups is 1. The first-order chi connectivity index (χ1) is 9.58. The van der Waals surface area contributed by atoms with Gasteiger partial charge in [0.1, 0.15) is 5.82 Å². The van der Waals surface area contributed by atoms with Crippen LogP contribution < -0.4 is 0 Å². The van der Waals surface area contributed by atoms with E-state index in [4.69, 9.17) is 0 Å². The van der Waals surface area contributed by atoms with Gasteiger partial charge in [-0.3, -0.25) is 4.79 Å². The topological polar surface area (TPSA) is 40.5 Å². The zero-order valence-corrected chi connectivity index (χ0v) is 11.7. The summed E-state index contributed by atoms with van der Waals surface area (Å²) in [4.78, 5) is 14.4. The van der Waals surface area contributed by atoms with E-state index in [1.54, 1.807) is 12.1 Å². The lowest BCUT2D eigenvalue weighted by Gasteiger charge is -2.37. The van der Waals surface area contributed by atoms with Crippen LogP contribution in [0.5, 0.6) is 0 Å². The molecule has 3 unspecified atom stereocenters. The number of rotatable bonds is 1.